The Morgan fingerprint density at radius 3 is 2.43 bits per heavy atom. The lowest BCUT2D eigenvalue weighted by atomic mass is 10.1. The van der Waals surface area contributed by atoms with Gasteiger partial charge in [0, 0.05) is 11.8 Å². The van der Waals surface area contributed by atoms with E-state index in [0.717, 1.165) is 22.6 Å². The van der Waals surface area contributed by atoms with E-state index in [-0.39, 0.29) is 5.57 Å². The first-order valence-electron chi connectivity index (χ1n) is 6.38. The van der Waals surface area contributed by atoms with Crippen LogP contribution in [-0.2, 0) is 0 Å². The number of allylic oxidation sites excluding steroid dienone is 1. The summed E-state index contributed by atoms with van der Waals surface area (Å²) in [7, 11) is 0. The maximum atomic E-state index is 8.99. The van der Waals surface area contributed by atoms with Crippen LogP contribution < -0.4 is 0 Å². The summed E-state index contributed by atoms with van der Waals surface area (Å²) in [6, 6.07) is 19.2. The smallest absolute Gasteiger partial charge is 0.137 e. The van der Waals surface area contributed by atoms with Crippen LogP contribution in [0.15, 0.2) is 60.3 Å². The molecular formula is C17H10N4. The third-order valence-corrected chi connectivity index (χ3v) is 3.14. The number of benzene rings is 1. The fourth-order valence-corrected chi connectivity index (χ4v) is 2.19. The minimum absolute atomic E-state index is 0.0536. The molecule has 3 aromatic rings. The third-order valence-electron chi connectivity index (χ3n) is 3.14. The van der Waals surface area contributed by atoms with Gasteiger partial charge < -0.3 is 0 Å². The Bertz CT molecular complexity index is 889. The number of pyridine rings is 1. The first-order valence-corrected chi connectivity index (χ1v) is 6.38. The van der Waals surface area contributed by atoms with E-state index in [9.17, 15) is 0 Å². The lowest BCUT2D eigenvalue weighted by molar-refractivity contribution is 1.17. The van der Waals surface area contributed by atoms with E-state index in [1.165, 1.54) is 0 Å². The molecule has 0 saturated heterocycles. The van der Waals surface area contributed by atoms with Gasteiger partial charge in [0.25, 0.3) is 0 Å². The zero-order chi connectivity index (χ0) is 14.7. The Labute approximate surface area is 121 Å². The highest BCUT2D eigenvalue weighted by Gasteiger charge is 2.12. The van der Waals surface area contributed by atoms with E-state index in [1.54, 1.807) is 6.08 Å². The lowest BCUT2D eigenvalue weighted by Crippen LogP contribution is -1.88. The van der Waals surface area contributed by atoms with E-state index >= 15 is 0 Å². The predicted octanol–water partition coefficient (Wildman–Crippen LogP) is 3.43. The number of hydrogen-bond donors (Lipinski definition) is 0. The molecule has 0 spiro atoms. The molecule has 0 radical (unpaired) electrons. The first kappa shape index (κ1) is 12.7. The average molecular weight is 270 g/mol. The van der Waals surface area contributed by atoms with Crippen molar-refractivity contribution in [3.63, 3.8) is 0 Å². The van der Waals surface area contributed by atoms with Gasteiger partial charge in [-0.1, -0.05) is 36.4 Å². The highest BCUT2D eigenvalue weighted by Crippen LogP contribution is 2.26. The molecule has 98 valence electrons. The highest BCUT2D eigenvalue weighted by atomic mass is 15.0. The van der Waals surface area contributed by atoms with Crippen LogP contribution in [-0.4, -0.2) is 9.38 Å². The summed E-state index contributed by atoms with van der Waals surface area (Å²) in [5, 5.41) is 18.0. The normalized spacial score (nSPS) is 9.81. The molecule has 4 heteroatoms. The summed E-state index contributed by atoms with van der Waals surface area (Å²) < 4.78 is 1.87. The molecule has 0 aliphatic carbocycles. The summed E-state index contributed by atoms with van der Waals surface area (Å²) in [5.41, 5.74) is 3.26. The van der Waals surface area contributed by atoms with Crippen molar-refractivity contribution in [1.29, 1.82) is 10.5 Å². The first-order chi connectivity index (χ1) is 10.3. The second-order valence-corrected chi connectivity index (χ2v) is 4.42. The Hall–Kier alpha value is -3.37. The van der Waals surface area contributed by atoms with E-state index in [2.05, 4.69) is 4.98 Å². The van der Waals surface area contributed by atoms with Gasteiger partial charge in [0.15, 0.2) is 0 Å². The Kier molecular flexibility index (Phi) is 3.21. The minimum atomic E-state index is 0.0536. The van der Waals surface area contributed by atoms with Crippen molar-refractivity contribution in [2.45, 2.75) is 0 Å². The topological polar surface area (TPSA) is 64.9 Å². The quantitative estimate of drug-likeness (QED) is 0.670. The third kappa shape index (κ3) is 2.27. The molecule has 4 nitrogen and oxygen atoms in total. The number of aromatic nitrogens is 2. The van der Waals surface area contributed by atoms with Crippen LogP contribution in [0.3, 0.4) is 0 Å². The van der Waals surface area contributed by atoms with E-state index in [4.69, 9.17) is 10.5 Å². The molecule has 0 N–H and O–H groups in total. The monoisotopic (exact) mass is 270 g/mol. The lowest BCUT2D eigenvalue weighted by Gasteiger charge is -2.00. The molecule has 0 saturated carbocycles. The van der Waals surface area contributed by atoms with Crippen molar-refractivity contribution in [3.05, 3.63) is 66.0 Å². The molecule has 2 heterocycles. The summed E-state index contributed by atoms with van der Waals surface area (Å²) in [6.45, 7) is 0. The van der Waals surface area contributed by atoms with Crippen molar-refractivity contribution in [2.75, 3.05) is 0 Å². The summed E-state index contributed by atoms with van der Waals surface area (Å²) >= 11 is 0. The average Bonchev–Trinajstić information content (AvgIpc) is 2.92. The van der Waals surface area contributed by atoms with Crippen LogP contribution >= 0.6 is 0 Å². The SMILES string of the molecule is N#CC(C#N)=Cc1c(-c2ccccc2)nc2ccccn12. The molecule has 2 aromatic heterocycles. The molecule has 21 heavy (non-hydrogen) atoms. The zero-order valence-corrected chi connectivity index (χ0v) is 11.1. The molecule has 1 aromatic carbocycles. The number of nitrogens with zero attached hydrogens (tertiary/aromatic N) is 4. The highest BCUT2D eigenvalue weighted by molar-refractivity contribution is 5.76. The number of nitriles is 2. The van der Waals surface area contributed by atoms with Gasteiger partial charge in [-0.2, -0.15) is 10.5 Å². The van der Waals surface area contributed by atoms with Crippen LogP contribution in [0.2, 0.25) is 0 Å². The number of imidazole rings is 1. The van der Waals surface area contributed by atoms with Crippen molar-refractivity contribution >= 4 is 11.7 Å². The molecule has 0 bridgehead atoms. The summed E-state index contributed by atoms with van der Waals surface area (Å²) in [4.78, 5) is 4.60. The second-order valence-electron chi connectivity index (χ2n) is 4.42. The van der Waals surface area contributed by atoms with Gasteiger partial charge in [0.05, 0.1) is 11.4 Å². The largest absolute Gasteiger partial charge is 0.300 e. The Morgan fingerprint density at radius 1 is 1.00 bits per heavy atom. The van der Waals surface area contributed by atoms with Crippen LogP contribution in [0.1, 0.15) is 5.69 Å². The molecule has 3 rings (SSSR count). The van der Waals surface area contributed by atoms with Gasteiger partial charge in [-0.05, 0) is 18.2 Å². The maximum absolute atomic E-state index is 8.99. The van der Waals surface area contributed by atoms with Crippen molar-refractivity contribution in [1.82, 2.24) is 9.38 Å². The zero-order valence-electron chi connectivity index (χ0n) is 11.1. The molecule has 0 aliphatic heterocycles. The van der Waals surface area contributed by atoms with Crippen LogP contribution in [0, 0.1) is 22.7 Å². The van der Waals surface area contributed by atoms with Crippen LogP contribution in [0.5, 0.6) is 0 Å². The molecule has 0 unspecified atom stereocenters. The van der Waals surface area contributed by atoms with Crippen LogP contribution in [0.25, 0.3) is 23.0 Å². The summed E-state index contributed by atoms with van der Waals surface area (Å²) in [6.07, 6.45) is 3.44. The maximum Gasteiger partial charge on any atom is 0.137 e. The minimum Gasteiger partial charge on any atom is -0.300 e. The van der Waals surface area contributed by atoms with Gasteiger partial charge >= 0.3 is 0 Å². The number of hydrogen-bond acceptors (Lipinski definition) is 3. The predicted molar refractivity (Wildman–Crippen MR) is 79.8 cm³/mol. The fourth-order valence-electron chi connectivity index (χ4n) is 2.19. The molecule has 0 fully saturated rings. The van der Waals surface area contributed by atoms with Gasteiger partial charge in [0.2, 0.25) is 0 Å². The standard InChI is InChI=1S/C17H10N4/c18-11-13(12-19)10-15-17(14-6-2-1-3-7-14)20-16-8-4-5-9-21(15)16/h1-10H. The molecule has 0 amide bonds. The molecule has 0 aliphatic rings. The molecule has 0 atom stereocenters. The van der Waals surface area contributed by atoms with Crippen molar-refractivity contribution < 1.29 is 0 Å². The second kappa shape index (κ2) is 5.32. The van der Waals surface area contributed by atoms with E-state index in [0.29, 0.717) is 0 Å². The molecular weight excluding hydrogens is 260 g/mol. The van der Waals surface area contributed by atoms with Gasteiger partial charge in [-0.3, -0.25) is 4.40 Å². The van der Waals surface area contributed by atoms with Crippen molar-refractivity contribution in [3.8, 4) is 23.4 Å². The van der Waals surface area contributed by atoms with E-state index in [1.807, 2.05) is 71.3 Å². The van der Waals surface area contributed by atoms with Gasteiger partial charge in [-0.15, -0.1) is 0 Å². The number of fused-ring (bicyclic) bond motifs is 1. The Morgan fingerprint density at radius 2 is 1.71 bits per heavy atom. The Balaban J connectivity index is 2.33. The van der Waals surface area contributed by atoms with Gasteiger partial charge in [0.1, 0.15) is 23.4 Å². The number of rotatable bonds is 2. The van der Waals surface area contributed by atoms with Crippen molar-refractivity contribution in [2.24, 2.45) is 0 Å². The van der Waals surface area contributed by atoms with Crippen LogP contribution in [0.4, 0.5) is 0 Å². The van der Waals surface area contributed by atoms with E-state index < -0.39 is 0 Å². The fraction of sp³-hybridized carbons (Fsp3) is 0. The van der Waals surface area contributed by atoms with Gasteiger partial charge in [-0.25, -0.2) is 4.98 Å². The summed E-state index contributed by atoms with van der Waals surface area (Å²) in [5.74, 6) is 0.